The van der Waals surface area contributed by atoms with Crippen LogP contribution >= 0.6 is 0 Å². The molecular formula is C21H27N3O4. The summed E-state index contributed by atoms with van der Waals surface area (Å²) in [4.78, 5) is 22.3. The Morgan fingerprint density at radius 2 is 1.93 bits per heavy atom. The van der Waals surface area contributed by atoms with Crippen molar-refractivity contribution in [3.8, 4) is 17.2 Å². The van der Waals surface area contributed by atoms with Crippen LogP contribution in [-0.4, -0.2) is 49.3 Å². The van der Waals surface area contributed by atoms with Gasteiger partial charge in [-0.25, -0.2) is 4.98 Å². The maximum Gasteiger partial charge on any atom is 0.254 e. The van der Waals surface area contributed by atoms with E-state index in [-0.39, 0.29) is 5.56 Å². The number of rotatable bonds is 5. The lowest BCUT2D eigenvalue weighted by Gasteiger charge is -2.25. The lowest BCUT2D eigenvalue weighted by atomic mass is 9.80. The molecule has 0 bridgehead atoms. The van der Waals surface area contributed by atoms with E-state index in [1.807, 2.05) is 19.1 Å². The first-order chi connectivity index (χ1) is 13.5. The highest BCUT2D eigenvalue weighted by molar-refractivity contribution is 5.55. The molecule has 0 unspecified atom stereocenters. The number of fused-ring (bicyclic) bond motifs is 3. The summed E-state index contributed by atoms with van der Waals surface area (Å²) in [6.07, 6.45) is 1.84. The molecule has 1 fully saturated rings. The monoisotopic (exact) mass is 385 g/mol. The molecule has 7 nitrogen and oxygen atoms in total. The van der Waals surface area contributed by atoms with Gasteiger partial charge >= 0.3 is 0 Å². The highest BCUT2D eigenvalue weighted by Gasteiger charge is 2.39. The maximum atomic E-state index is 12.3. The molecule has 1 aromatic heterocycles. The fourth-order valence-electron chi connectivity index (χ4n) is 4.73. The van der Waals surface area contributed by atoms with Gasteiger partial charge in [0.25, 0.3) is 5.56 Å². The van der Waals surface area contributed by atoms with Crippen molar-refractivity contribution in [2.45, 2.75) is 32.2 Å². The Labute approximate surface area is 164 Å². The third-order valence-corrected chi connectivity index (χ3v) is 5.98. The third-order valence-electron chi connectivity index (χ3n) is 5.98. The van der Waals surface area contributed by atoms with E-state index in [1.54, 1.807) is 21.3 Å². The summed E-state index contributed by atoms with van der Waals surface area (Å²) in [6, 6.07) is 3.95. The SMILES string of the molecule is COc1ccc(CN2C[C@H]3CCc4c(nc(C)[nH]c4=O)[C@H]3C2)c(OC)c1OC. The molecule has 4 rings (SSSR count). The molecule has 2 aliphatic rings. The van der Waals surface area contributed by atoms with Crippen LogP contribution < -0.4 is 19.8 Å². The van der Waals surface area contributed by atoms with Crippen LogP contribution in [0.1, 0.15) is 35.0 Å². The van der Waals surface area contributed by atoms with Gasteiger partial charge < -0.3 is 19.2 Å². The second-order valence-corrected chi connectivity index (χ2v) is 7.61. The zero-order chi connectivity index (χ0) is 19.8. The van der Waals surface area contributed by atoms with E-state index in [0.29, 0.717) is 34.9 Å². The quantitative estimate of drug-likeness (QED) is 0.851. The number of benzene rings is 1. The largest absolute Gasteiger partial charge is 0.493 e. The molecule has 1 aromatic carbocycles. The van der Waals surface area contributed by atoms with Gasteiger partial charge in [0, 0.05) is 36.7 Å². The Morgan fingerprint density at radius 1 is 1.14 bits per heavy atom. The van der Waals surface area contributed by atoms with Gasteiger partial charge in [0.1, 0.15) is 5.82 Å². The average molecular weight is 385 g/mol. The molecule has 2 atom stereocenters. The van der Waals surface area contributed by atoms with Crippen LogP contribution in [0.4, 0.5) is 0 Å². The van der Waals surface area contributed by atoms with E-state index in [1.165, 1.54) is 0 Å². The van der Waals surface area contributed by atoms with E-state index < -0.39 is 0 Å². The van der Waals surface area contributed by atoms with Crippen LogP contribution in [0.5, 0.6) is 17.2 Å². The molecule has 0 amide bonds. The van der Waals surface area contributed by atoms with Gasteiger partial charge in [0.15, 0.2) is 11.5 Å². The van der Waals surface area contributed by atoms with Crippen molar-refractivity contribution < 1.29 is 14.2 Å². The summed E-state index contributed by atoms with van der Waals surface area (Å²) < 4.78 is 16.5. The van der Waals surface area contributed by atoms with Gasteiger partial charge in [-0.1, -0.05) is 6.07 Å². The maximum absolute atomic E-state index is 12.3. The first-order valence-electron chi connectivity index (χ1n) is 9.65. The number of nitrogens with zero attached hydrogens (tertiary/aromatic N) is 2. The smallest absolute Gasteiger partial charge is 0.254 e. The molecule has 1 saturated heterocycles. The predicted octanol–water partition coefficient (Wildman–Crippen LogP) is 2.27. The predicted molar refractivity (Wildman–Crippen MR) is 106 cm³/mol. The van der Waals surface area contributed by atoms with E-state index in [9.17, 15) is 4.79 Å². The average Bonchev–Trinajstić information content (AvgIpc) is 3.10. The van der Waals surface area contributed by atoms with Crippen molar-refractivity contribution in [3.63, 3.8) is 0 Å². The molecule has 150 valence electrons. The van der Waals surface area contributed by atoms with E-state index >= 15 is 0 Å². The number of hydrogen-bond donors (Lipinski definition) is 1. The van der Waals surface area contributed by atoms with Gasteiger partial charge in [-0.15, -0.1) is 0 Å². The van der Waals surface area contributed by atoms with Crippen LogP contribution in [-0.2, 0) is 13.0 Å². The van der Waals surface area contributed by atoms with E-state index in [2.05, 4.69) is 9.88 Å². The molecule has 1 N–H and O–H groups in total. The fourth-order valence-corrected chi connectivity index (χ4v) is 4.73. The summed E-state index contributed by atoms with van der Waals surface area (Å²) in [5.74, 6) is 3.54. The number of methoxy groups -OCH3 is 3. The molecule has 1 aliphatic heterocycles. The van der Waals surface area contributed by atoms with Crippen LogP contribution in [0, 0.1) is 12.8 Å². The fraction of sp³-hybridized carbons (Fsp3) is 0.524. The first-order valence-corrected chi connectivity index (χ1v) is 9.65. The molecule has 0 radical (unpaired) electrons. The minimum absolute atomic E-state index is 0.0287. The van der Waals surface area contributed by atoms with Crippen LogP contribution in [0.3, 0.4) is 0 Å². The first kappa shape index (κ1) is 18.8. The minimum atomic E-state index is 0.0287. The number of aromatic nitrogens is 2. The van der Waals surface area contributed by atoms with Crippen molar-refractivity contribution in [3.05, 3.63) is 45.1 Å². The summed E-state index contributed by atoms with van der Waals surface area (Å²) in [6.45, 7) is 4.50. The second kappa shape index (κ2) is 7.47. The number of nitrogens with one attached hydrogen (secondary N) is 1. The summed E-state index contributed by atoms with van der Waals surface area (Å²) >= 11 is 0. The molecule has 7 heteroatoms. The Bertz CT molecular complexity index is 940. The van der Waals surface area contributed by atoms with Crippen molar-refractivity contribution >= 4 is 0 Å². The number of H-pyrrole nitrogens is 1. The number of aromatic amines is 1. The molecule has 28 heavy (non-hydrogen) atoms. The van der Waals surface area contributed by atoms with Crippen molar-refractivity contribution in [1.82, 2.24) is 14.9 Å². The minimum Gasteiger partial charge on any atom is -0.493 e. The van der Waals surface area contributed by atoms with Gasteiger partial charge in [-0.3, -0.25) is 9.69 Å². The van der Waals surface area contributed by atoms with E-state index in [0.717, 1.165) is 49.3 Å². The molecule has 1 aliphatic carbocycles. The van der Waals surface area contributed by atoms with Crippen LogP contribution in [0.15, 0.2) is 16.9 Å². The van der Waals surface area contributed by atoms with Gasteiger partial charge in [0.05, 0.1) is 27.0 Å². The van der Waals surface area contributed by atoms with E-state index in [4.69, 9.17) is 19.2 Å². The lowest BCUT2D eigenvalue weighted by molar-refractivity contribution is 0.294. The topological polar surface area (TPSA) is 76.7 Å². The van der Waals surface area contributed by atoms with Crippen molar-refractivity contribution in [2.24, 2.45) is 5.92 Å². The summed E-state index contributed by atoms with van der Waals surface area (Å²) in [7, 11) is 4.90. The Hall–Kier alpha value is -2.54. The van der Waals surface area contributed by atoms with Crippen LogP contribution in [0.25, 0.3) is 0 Å². The zero-order valence-corrected chi connectivity index (χ0v) is 16.9. The summed E-state index contributed by atoms with van der Waals surface area (Å²) in [5.41, 5.74) is 2.96. The standard InChI is InChI=1S/C21H27N3O4/c1-12-22-18-15(21(25)23-12)7-5-13-9-24(11-16(13)18)10-14-6-8-17(26-2)20(28-4)19(14)27-3/h6,8,13,16H,5,7,9-11H2,1-4H3,(H,22,23,25)/t13-,16+/m1/s1. The third kappa shape index (κ3) is 3.13. The Morgan fingerprint density at radius 3 is 2.64 bits per heavy atom. The zero-order valence-electron chi connectivity index (χ0n) is 16.9. The van der Waals surface area contributed by atoms with Crippen LogP contribution in [0.2, 0.25) is 0 Å². The number of likely N-dealkylation sites (tertiary alicyclic amines) is 1. The highest BCUT2D eigenvalue weighted by Crippen LogP contribution is 2.43. The Kier molecular flexibility index (Phi) is 5.02. The second-order valence-electron chi connectivity index (χ2n) is 7.61. The molecule has 0 spiro atoms. The molecular weight excluding hydrogens is 358 g/mol. The molecule has 2 heterocycles. The molecule has 2 aromatic rings. The van der Waals surface area contributed by atoms with Gasteiger partial charge in [-0.05, 0) is 31.7 Å². The van der Waals surface area contributed by atoms with Crippen molar-refractivity contribution in [1.29, 1.82) is 0 Å². The highest BCUT2D eigenvalue weighted by atomic mass is 16.5. The summed E-state index contributed by atoms with van der Waals surface area (Å²) in [5, 5.41) is 0. The van der Waals surface area contributed by atoms with Gasteiger partial charge in [-0.2, -0.15) is 0 Å². The normalized spacial score (nSPS) is 21.1. The van der Waals surface area contributed by atoms with Crippen molar-refractivity contribution in [2.75, 3.05) is 34.4 Å². The number of ether oxygens (including phenoxy) is 3. The van der Waals surface area contributed by atoms with Gasteiger partial charge in [0.2, 0.25) is 5.75 Å². The Balaban J connectivity index is 1.60. The number of hydrogen-bond acceptors (Lipinski definition) is 6. The molecule has 0 saturated carbocycles. The number of aryl methyl sites for hydroxylation is 1. The lowest BCUT2D eigenvalue weighted by Crippen LogP contribution is -2.28.